The Labute approximate surface area is 101 Å². The molecule has 16 heavy (non-hydrogen) atoms. The van der Waals surface area contributed by atoms with Gasteiger partial charge in [0.2, 0.25) is 5.28 Å². The number of nitrogens with zero attached hydrogens (tertiary/aromatic N) is 4. The highest BCUT2D eigenvalue weighted by molar-refractivity contribution is 6.28. The highest BCUT2D eigenvalue weighted by atomic mass is 35.5. The molecule has 1 saturated carbocycles. The van der Waals surface area contributed by atoms with Crippen molar-refractivity contribution < 1.29 is 0 Å². The molecule has 1 aliphatic rings. The summed E-state index contributed by atoms with van der Waals surface area (Å²) in [5, 5.41) is 7.72. The summed E-state index contributed by atoms with van der Waals surface area (Å²) >= 11 is 5.75. The van der Waals surface area contributed by atoms with E-state index in [4.69, 9.17) is 11.6 Å². The van der Waals surface area contributed by atoms with Crippen molar-refractivity contribution in [1.29, 1.82) is 0 Å². The monoisotopic (exact) mass is 240 g/mol. The van der Waals surface area contributed by atoms with E-state index in [0.717, 1.165) is 5.82 Å². The zero-order valence-corrected chi connectivity index (χ0v) is 10.5. The van der Waals surface area contributed by atoms with Crippen molar-refractivity contribution in [2.45, 2.75) is 38.6 Å². The lowest BCUT2D eigenvalue weighted by Crippen LogP contribution is -2.39. The summed E-state index contributed by atoms with van der Waals surface area (Å²) in [6.07, 6.45) is 6.83. The standard InChI is InChI=1S/C11H17ClN4/c1-8-5-3-4-6-9(8)16(2)10-7-13-15-11(12)14-10/h7-9H,3-6H2,1-2H3. The summed E-state index contributed by atoms with van der Waals surface area (Å²) in [6.45, 7) is 2.30. The van der Waals surface area contributed by atoms with Gasteiger partial charge in [0, 0.05) is 13.1 Å². The van der Waals surface area contributed by atoms with E-state index in [2.05, 4.69) is 34.1 Å². The SMILES string of the molecule is CC1CCCCC1N(C)c1cnnc(Cl)n1. The second-order valence-corrected chi connectivity index (χ2v) is 4.86. The van der Waals surface area contributed by atoms with Gasteiger partial charge in [0.1, 0.15) is 0 Å². The minimum atomic E-state index is 0.216. The zero-order valence-electron chi connectivity index (χ0n) is 9.73. The first-order chi connectivity index (χ1) is 7.68. The van der Waals surface area contributed by atoms with Crippen molar-refractivity contribution in [3.63, 3.8) is 0 Å². The fraction of sp³-hybridized carbons (Fsp3) is 0.727. The van der Waals surface area contributed by atoms with Crippen molar-refractivity contribution in [3.05, 3.63) is 11.5 Å². The molecule has 0 amide bonds. The van der Waals surface area contributed by atoms with Crippen molar-refractivity contribution in [3.8, 4) is 0 Å². The maximum atomic E-state index is 5.75. The molecule has 2 unspecified atom stereocenters. The Kier molecular flexibility index (Phi) is 3.59. The molecule has 0 N–H and O–H groups in total. The van der Waals surface area contributed by atoms with Gasteiger partial charge in [-0.15, -0.1) is 5.10 Å². The zero-order chi connectivity index (χ0) is 11.5. The van der Waals surface area contributed by atoms with Crippen LogP contribution in [0.1, 0.15) is 32.6 Å². The fourth-order valence-electron chi connectivity index (χ4n) is 2.49. The minimum absolute atomic E-state index is 0.216. The molecule has 0 saturated heterocycles. The van der Waals surface area contributed by atoms with Gasteiger partial charge >= 0.3 is 0 Å². The Balaban J connectivity index is 2.14. The molecule has 0 bridgehead atoms. The quantitative estimate of drug-likeness (QED) is 0.797. The van der Waals surface area contributed by atoms with Crippen LogP contribution in [0, 0.1) is 5.92 Å². The van der Waals surface area contributed by atoms with Gasteiger partial charge in [-0.3, -0.25) is 0 Å². The van der Waals surface area contributed by atoms with Gasteiger partial charge in [-0.2, -0.15) is 10.1 Å². The third kappa shape index (κ3) is 2.43. The van der Waals surface area contributed by atoms with E-state index >= 15 is 0 Å². The molecule has 88 valence electrons. The first-order valence-electron chi connectivity index (χ1n) is 5.76. The number of hydrogen-bond donors (Lipinski definition) is 0. The Morgan fingerprint density at radius 1 is 1.38 bits per heavy atom. The van der Waals surface area contributed by atoms with E-state index in [1.54, 1.807) is 6.20 Å². The molecule has 1 heterocycles. The van der Waals surface area contributed by atoms with Gasteiger partial charge < -0.3 is 4.90 Å². The molecule has 1 aliphatic carbocycles. The molecule has 1 aromatic heterocycles. The van der Waals surface area contributed by atoms with E-state index in [1.807, 2.05) is 0 Å². The van der Waals surface area contributed by atoms with E-state index in [9.17, 15) is 0 Å². The average molecular weight is 241 g/mol. The summed E-state index contributed by atoms with van der Waals surface area (Å²) in [7, 11) is 2.06. The molecule has 0 aliphatic heterocycles. The van der Waals surface area contributed by atoms with Crippen molar-refractivity contribution in [1.82, 2.24) is 15.2 Å². The number of anilines is 1. The van der Waals surface area contributed by atoms with Gasteiger partial charge in [0.25, 0.3) is 0 Å². The van der Waals surface area contributed by atoms with Gasteiger partial charge in [0.15, 0.2) is 5.82 Å². The minimum Gasteiger partial charge on any atom is -0.355 e. The molecule has 0 spiro atoms. The Bertz CT molecular complexity index is 358. The number of aromatic nitrogens is 3. The molecule has 0 radical (unpaired) electrons. The van der Waals surface area contributed by atoms with Gasteiger partial charge in [-0.1, -0.05) is 19.8 Å². The van der Waals surface area contributed by atoms with E-state index in [0.29, 0.717) is 12.0 Å². The lowest BCUT2D eigenvalue weighted by Gasteiger charge is -2.36. The molecular weight excluding hydrogens is 224 g/mol. The third-order valence-corrected chi connectivity index (χ3v) is 3.61. The number of halogens is 1. The lowest BCUT2D eigenvalue weighted by atomic mass is 9.85. The van der Waals surface area contributed by atoms with Gasteiger partial charge in [-0.05, 0) is 30.4 Å². The van der Waals surface area contributed by atoms with Crippen LogP contribution >= 0.6 is 11.6 Å². The maximum Gasteiger partial charge on any atom is 0.244 e. The first kappa shape index (κ1) is 11.6. The van der Waals surface area contributed by atoms with Gasteiger partial charge in [0.05, 0.1) is 6.20 Å². The van der Waals surface area contributed by atoms with Crippen LogP contribution in [0.4, 0.5) is 5.82 Å². The number of rotatable bonds is 2. The first-order valence-corrected chi connectivity index (χ1v) is 6.14. The summed E-state index contributed by atoms with van der Waals surface area (Å²) in [5.74, 6) is 1.52. The second kappa shape index (κ2) is 4.95. The van der Waals surface area contributed by atoms with Crippen LogP contribution in [0.3, 0.4) is 0 Å². The molecule has 5 heteroatoms. The fourth-order valence-corrected chi connectivity index (χ4v) is 2.62. The van der Waals surface area contributed by atoms with Crippen LogP contribution in [0.2, 0.25) is 5.28 Å². The van der Waals surface area contributed by atoms with Gasteiger partial charge in [-0.25, -0.2) is 0 Å². The smallest absolute Gasteiger partial charge is 0.244 e. The van der Waals surface area contributed by atoms with Crippen LogP contribution in [-0.2, 0) is 0 Å². The van der Waals surface area contributed by atoms with E-state index in [-0.39, 0.29) is 5.28 Å². The summed E-state index contributed by atoms with van der Waals surface area (Å²) in [5.41, 5.74) is 0. The molecule has 2 atom stereocenters. The topological polar surface area (TPSA) is 41.9 Å². The average Bonchev–Trinajstić information content (AvgIpc) is 2.29. The third-order valence-electron chi connectivity index (χ3n) is 3.45. The van der Waals surface area contributed by atoms with Crippen LogP contribution in [-0.4, -0.2) is 28.3 Å². The van der Waals surface area contributed by atoms with Crippen molar-refractivity contribution in [2.75, 3.05) is 11.9 Å². The largest absolute Gasteiger partial charge is 0.355 e. The Morgan fingerprint density at radius 2 is 2.12 bits per heavy atom. The van der Waals surface area contributed by atoms with Crippen LogP contribution in [0.25, 0.3) is 0 Å². The predicted octanol–water partition coefficient (Wildman–Crippen LogP) is 2.54. The summed E-state index contributed by atoms with van der Waals surface area (Å²) in [4.78, 5) is 6.39. The van der Waals surface area contributed by atoms with E-state index < -0.39 is 0 Å². The summed E-state index contributed by atoms with van der Waals surface area (Å²) < 4.78 is 0. The molecule has 0 aromatic carbocycles. The predicted molar refractivity (Wildman–Crippen MR) is 64.7 cm³/mol. The highest BCUT2D eigenvalue weighted by Crippen LogP contribution is 2.29. The van der Waals surface area contributed by atoms with Crippen molar-refractivity contribution in [2.24, 2.45) is 5.92 Å². The normalized spacial score (nSPS) is 25.4. The Morgan fingerprint density at radius 3 is 2.81 bits per heavy atom. The van der Waals surface area contributed by atoms with Crippen LogP contribution in [0.15, 0.2) is 6.20 Å². The second-order valence-electron chi connectivity index (χ2n) is 4.52. The van der Waals surface area contributed by atoms with Crippen LogP contribution < -0.4 is 4.90 Å². The number of hydrogen-bond acceptors (Lipinski definition) is 4. The lowest BCUT2D eigenvalue weighted by molar-refractivity contribution is 0.320. The maximum absolute atomic E-state index is 5.75. The highest BCUT2D eigenvalue weighted by Gasteiger charge is 2.25. The van der Waals surface area contributed by atoms with Crippen LogP contribution in [0.5, 0.6) is 0 Å². The molecular formula is C11H17ClN4. The molecule has 2 rings (SSSR count). The molecule has 4 nitrogen and oxygen atoms in total. The Hall–Kier alpha value is -0.900. The molecule has 1 fully saturated rings. The summed E-state index contributed by atoms with van der Waals surface area (Å²) in [6, 6.07) is 0.543. The van der Waals surface area contributed by atoms with E-state index in [1.165, 1.54) is 25.7 Å². The molecule has 1 aromatic rings. The van der Waals surface area contributed by atoms with Crippen molar-refractivity contribution >= 4 is 17.4 Å².